The summed E-state index contributed by atoms with van der Waals surface area (Å²) in [7, 11) is 0. The molecule has 1 aliphatic heterocycles. The minimum atomic E-state index is -0.0176. The maximum atomic E-state index is 12.7. The van der Waals surface area contributed by atoms with Crippen molar-refractivity contribution in [3.8, 4) is 0 Å². The van der Waals surface area contributed by atoms with E-state index in [9.17, 15) is 9.59 Å². The fourth-order valence-electron chi connectivity index (χ4n) is 2.67. The molecule has 0 bridgehead atoms. The van der Waals surface area contributed by atoms with E-state index < -0.39 is 0 Å². The van der Waals surface area contributed by atoms with Gasteiger partial charge in [-0.3, -0.25) is 9.59 Å². The molecule has 0 spiro atoms. The van der Waals surface area contributed by atoms with Crippen LogP contribution in [0.2, 0.25) is 5.02 Å². The minimum Gasteiger partial charge on any atom is -0.335 e. The zero-order valence-corrected chi connectivity index (χ0v) is 14.3. The number of ketones is 1. The predicted molar refractivity (Wildman–Crippen MR) is 92.4 cm³/mol. The monoisotopic (exact) mass is 348 g/mol. The predicted octanol–water partition coefficient (Wildman–Crippen LogP) is 3.39. The molecular weight excluding hydrogens is 332 g/mol. The Kier molecular flexibility index (Phi) is 4.80. The fourth-order valence-corrected chi connectivity index (χ4v) is 3.78. The van der Waals surface area contributed by atoms with Gasteiger partial charge in [-0.15, -0.1) is 11.3 Å². The van der Waals surface area contributed by atoms with E-state index in [0.717, 1.165) is 12.1 Å². The van der Waals surface area contributed by atoms with Crippen LogP contribution in [0.3, 0.4) is 0 Å². The van der Waals surface area contributed by atoms with E-state index >= 15 is 0 Å². The number of hydrogen-bond acceptors (Lipinski definition) is 4. The van der Waals surface area contributed by atoms with Gasteiger partial charge < -0.3 is 10.2 Å². The number of thiophene rings is 1. The van der Waals surface area contributed by atoms with Gasteiger partial charge in [0, 0.05) is 35.6 Å². The Hall–Kier alpha value is -1.69. The van der Waals surface area contributed by atoms with Gasteiger partial charge in [0.25, 0.3) is 5.91 Å². The van der Waals surface area contributed by atoms with Crippen LogP contribution in [0.1, 0.15) is 38.6 Å². The van der Waals surface area contributed by atoms with Crippen molar-refractivity contribution in [1.82, 2.24) is 10.2 Å². The molecule has 1 aliphatic rings. The number of benzene rings is 1. The number of nitrogens with one attached hydrogen (secondary N) is 1. The summed E-state index contributed by atoms with van der Waals surface area (Å²) in [5.74, 6) is -0.0338. The summed E-state index contributed by atoms with van der Waals surface area (Å²) in [4.78, 5) is 26.5. The van der Waals surface area contributed by atoms with Crippen molar-refractivity contribution in [2.24, 2.45) is 0 Å². The molecule has 1 amide bonds. The molecule has 1 aromatic carbocycles. The van der Waals surface area contributed by atoms with E-state index in [0.29, 0.717) is 28.6 Å². The Bertz CT molecular complexity index is 744. The van der Waals surface area contributed by atoms with Crippen LogP contribution in [0.4, 0.5) is 0 Å². The molecule has 2 heterocycles. The summed E-state index contributed by atoms with van der Waals surface area (Å²) in [6, 6.07) is 9.44. The Morgan fingerprint density at radius 1 is 1.35 bits per heavy atom. The molecule has 120 valence electrons. The molecule has 0 unspecified atom stereocenters. The number of halogens is 1. The molecule has 0 aliphatic carbocycles. The topological polar surface area (TPSA) is 49.4 Å². The van der Waals surface area contributed by atoms with Gasteiger partial charge in [0.2, 0.25) is 0 Å². The van der Waals surface area contributed by atoms with Gasteiger partial charge in [-0.1, -0.05) is 23.7 Å². The highest BCUT2D eigenvalue weighted by molar-refractivity contribution is 7.12. The number of carbonyl (C=O) groups is 2. The summed E-state index contributed by atoms with van der Waals surface area (Å²) >= 11 is 7.38. The second-order valence-electron chi connectivity index (χ2n) is 5.57. The third-order valence-corrected chi connectivity index (χ3v) is 5.08. The first-order valence-electron chi connectivity index (χ1n) is 7.42. The van der Waals surface area contributed by atoms with Crippen LogP contribution < -0.4 is 5.32 Å². The third-order valence-electron chi connectivity index (χ3n) is 3.93. The lowest BCUT2D eigenvalue weighted by atomic mass is 10.0. The molecular formula is C17H17ClN2O2S. The molecule has 1 N–H and O–H groups in total. The van der Waals surface area contributed by atoms with Gasteiger partial charge in [-0.05, 0) is 30.7 Å². The average molecular weight is 349 g/mol. The number of nitrogens with zero attached hydrogens (tertiary/aromatic N) is 1. The summed E-state index contributed by atoms with van der Waals surface area (Å²) in [5.41, 5.74) is 1.67. The summed E-state index contributed by atoms with van der Waals surface area (Å²) in [6.45, 7) is 3.49. The largest absolute Gasteiger partial charge is 0.335 e. The van der Waals surface area contributed by atoms with Crippen molar-refractivity contribution in [1.29, 1.82) is 0 Å². The van der Waals surface area contributed by atoms with Crippen LogP contribution >= 0.6 is 22.9 Å². The smallest absolute Gasteiger partial charge is 0.264 e. The van der Waals surface area contributed by atoms with E-state index in [2.05, 4.69) is 5.32 Å². The summed E-state index contributed by atoms with van der Waals surface area (Å²) < 4.78 is 0. The second kappa shape index (κ2) is 6.83. The molecule has 23 heavy (non-hydrogen) atoms. The molecule has 3 rings (SSSR count). The maximum Gasteiger partial charge on any atom is 0.264 e. The van der Waals surface area contributed by atoms with Gasteiger partial charge in [0.05, 0.1) is 10.9 Å². The van der Waals surface area contributed by atoms with Gasteiger partial charge in [0.1, 0.15) is 0 Å². The lowest BCUT2D eigenvalue weighted by Crippen LogP contribution is -2.48. The van der Waals surface area contributed by atoms with Crippen molar-refractivity contribution < 1.29 is 9.59 Å². The first-order valence-corrected chi connectivity index (χ1v) is 8.68. The Morgan fingerprint density at radius 2 is 2.17 bits per heavy atom. The Morgan fingerprint density at radius 3 is 2.87 bits per heavy atom. The quantitative estimate of drug-likeness (QED) is 0.865. The highest BCUT2D eigenvalue weighted by Gasteiger charge is 2.26. The van der Waals surface area contributed by atoms with E-state index in [1.54, 1.807) is 11.4 Å². The van der Waals surface area contributed by atoms with Crippen molar-refractivity contribution in [2.45, 2.75) is 13.0 Å². The van der Waals surface area contributed by atoms with Crippen LogP contribution in [0.25, 0.3) is 0 Å². The maximum absolute atomic E-state index is 12.7. The zero-order valence-electron chi connectivity index (χ0n) is 12.7. The Labute approximate surface area is 144 Å². The first kappa shape index (κ1) is 16.2. The normalized spacial score (nSPS) is 18.0. The molecule has 0 radical (unpaired) electrons. The van der Waals surface area contributed by atoms with E-state index in [1.165, 1.54) is 18.3 Å². The van der Waals surface area contributed by atoms with Crippen molar-refractivity contribution >= 4 is 34.6 Å². The number of carbonyl (C=O) groups excluding carboxylic acids is 2. The molecule has 2 aromatic rings. The third kappa shape index (κ3) is 3.63. The first-order chi connectivity index (χ1) is 11.0. The van der Waals surface area contributed by atoms with Gasteiger partial charge >= 0.3 is 0 Å². The molecule has 1 fully saturated rings. The molecule has 1 aromatic heterocycles. The number of piperazine rings is 1. The number of rotatable bonds is 3. The van der Waals surface area contributed by atoms with Crippen LogP contribution in [-0.4, -0.2) is 36.2 Å². The zero-order chi connectivity index (χ0) is 16.4. The van der Waals surface area contributed by atoms with Gasteiger partial charge in [0.15, 0.2) is 5.78 Å². The minimum absolute atomic E-state index is 0.0163. The average Bonchev–Trinajstić information content (AvgIpc) is 3.04. The lowest BCUT2D eigenvalue weighted by molar-refractivity contribution is 0.0708. The van der Waals surface area contributed by atoms with Crippen LogP contribution in [-0.2, 0) is 0 Å². The fraction of sp³-hybridized carbons (Fsp3) is 0.294. The van der Waals surface area contributed by atoms with Gasteiger partial charge in [-0.2, -0.15) is 0 Å². The van der Waals surface area contributed by atoms with E-state index in [4.69, 9.17) is 11.6 Å². The highest BCUT2D eigenvalue weighted by Crippen LogP contribution is 2.23. The lowest BCUT2D eigenvalue weighted by Gasteiger charge is -2.33. The summed E-state index contributed by atoms with van der Waals surface area (Å²) in [5, 5.41) is 5.85. The van der Waals surface area contributed by atoms with Crippen LogP contribution in [0.5, 0.6) is 0 Å². The molecule has 6 heteroatoms. The second-order valence-corrected chi connectivity index (χ2v) is 6.92. The highest BCUT2D eigenvalue weighted by atomic mass is 35.5. The van der Waals surface area contributed by atoms with Gasteiger partial charge in [-0.25, -0.2) is 0 Å². The van der Waals surface area contributed by atoms with Crippen molar-refractivity contribution in [3.05, 3.63) is 56.7 Å². The van der Waals surface area contributed by atoms with Crippen LogP contribution in [0.15, 0.2) is 35.7 Å². The molecule has 1 atom stereocenters. The summed E-state index contributed by atoms with van der Waals surface area (Å²) in [6.07, 6.45) is 0. The Balaban J connectivity index is 1.75. The van der Waals surface area contributed by atoms with Crippen LogP contribution in [0, 0.1) is 0 Å². The van der Waals surface area contributed by atoms with Crippen molar-refractivity contribution in [3.63, 3.8) is 0 Å². The number of hydrogen-bond donors (Lipinski definition) is 1. The number of amides is 1. The standard InChI is InChI=1S/C17H17ClN2O2S/c1-11(21)13-8-16(23-10-13)17(22)20-6-5-19-15(9-20)12-3-2-4-14(18)7-12/h2-4,7-8,10,15,19H,5-6,9H2,1H3/t15-/m1/s1. The van der Waals surface area contributed by atoms with E-state index in [-0.39, 0.29) is 17.7 Å². The van der Waals surface area contributed by atoms with E-state index in [1.807, 2.05) is 29.2 Å². The molecule has 0 saturated carbocycles. The SMILES string of the molecule is CC(=O)c1csc(C(=O)N2CCN[C@@H](c3cccc(Cl)c3)C2)c1. The van der Waals surface area contributed by atoms with Crippen molar-refractivity contribution in [2.75, 3.05) is 19.6 Å². The number of Topliss-reactive ketones (excluding diaryl/α,β-unsaturated/α-hetero) is 1. The molecule has 1 saturated heterocycles. The molecule has 4 nitrogen and oxygen atoms in total.